The third-order valence-corrected chi connectivity index (χ3v) is 2.70. The molecule has 0 rings (SSSR count). The molecule has 0 radical (unpaired) electrons. The molecule has 0 heterocycles. The van der Waals surface area contributed by atoms with Gasteiger partial charge in [-0.1, -0.05) is 13.3 Å². The van der Waals surface area contributed by atoms with Crippen molar-refractivity contribution in [3.63, 3.8) is 0 Å². The van der Waals surface area contributed by atoms with Gasteiger partial charge in [-0.2, -0.15) is 13.2 Å². The van der Waals surface area contributed by atoms with Crippen LogP contribution in [0, 0.1) is 0 Å². The molecule has 0 bridgehead atoms. The molecule has 0 aromatic carbocycles. The summed E-state index contributed by atoms with van der Waals surface area (Å²) in [5.74, 6) is 0. The molecule has 1 N–H and O–H groups in total. The minimum atomic E-state index is -5.21. The summed E-state index contributed by atoms with van der Waals surface area (Å²) in [6.07, 6.45) is 1.01. The third-order valence-electron chi connectivity index (χ3n) is 1.38. The van der Waals surface area contributed by atoms with E-state index in [0.29, 0.717) is 12.8 Å². The molecule has 0 fully saturated rings. The predicted octanol–water partition coefficient (Wildman–Crippen LogP) is 1.61. The van der Waals surface area contributed by atoms with E-state index >= 15 is 0 Å². The molecule has 80 valence electrons. The molecule has 0 saturated heterocycles. The van der Waals surface area contributed by atoms with E-state index in [4.69, 9.17) is 0 Å². The van der Waals surface area contributed by atoms with Crippen LogP contribution in [0.25, 0.3) is 0 Å². The van der Waals surface area contributed by atoms with Crippen molar-refractivity contribution in [1.29, 1.82) is 0 Å². The van der Waals surface area contributed by atoms with E-state index in [1.165, 1.54) is 6.92 Å². The molecule has 1 unspecified atom stereocenters. The summed E-state index contributed by atoms with van der Waals surface area (Å²) in [5, 5.41) is 0. The Hall–Kier alpha value is -0.300. The fraction of sp³-hybridized carbons (Fsp3) is 1.00. The number of halogens is 3. The first kappa shape index (κ1) is 12.7. The SMILES string of the molecule is CCCC(C)NS(=O)(=O)C(F)(F)F. The maximum atomic E-state index is 11.8. The van der Waals surface area contributed by atoms with Crippen molar-refractivity contribution in [2.75, 3.05) is 0 Å². The average Bonchev–Trinajstić information content (AvgIpc) is 1.83. The molecule has 0 saturated carbocycles. The van der Waals surface area contributed by atoms with Crippen LogP contribution in [0.15, 0.2) is 0 Å². The van der Waals surface area contributed by atoms with Gasteiger partial charge in [0.1, 0.15) is 0 Å². The van der Waals surface area contributed by atoms with Crippen molar-refractivity contribution >= 4 is 10.0 Å². The molecular weight excluding hydrogens is 207 g/mol. The lowest BCUT2D eigenvalue weighted by Gasteiger charge is -2.14. The van der Waals surface area contributed by atoms with Crippen LogP contribution in [0.5, 0.6) is 0 Å². The molecule has 7 heteroatoms. The summed E-state index contributed by atoms with van der Waals surface area (Å²) < 4.78 is 57.9. The third kappa shape index (κ3) is 3.95. The number of nitrogens with one attached hydrogen (secondary N) is 1. The fourth-order valence-corrected chi connectivity index (χ4v) is 1.60. The van der Waals surface area contributed by atoms with Gasteiger partial charge in [0.25, 0.3) is 0 Å². The van der Waals surface area contributed by atoms with Gasteiger partial charge in [-0.05, 0) is 13.3 Å². The topological polar surface area (TPSA) is 46.2 Å². The highest BCUT2D eigenvalue weighted by molar-refractivity contribution is 7.90. The minimum Gasteiger partial charge on any atom is -0.205 e. The largest absolute Gasteiger partial charge is 0.511 e. The quantitative estimate of drug-likeness (QED) is 0.780. The van der Waals surface area contributed by atoms with E-state index in [0.717, 1.165) is 0 Å². The van der Waals surface area contributed by atoms with E-state index in [1.807, 2.05) is 0 Å². The van der Waals surface area contributed by atoms with Gasteiger partial charge in [0.2, 0.25) is 0 Å². The Kier molecular flexibility index (Phi) is 4.18. The minimum absolute atomic E-state index is 0.384. The zero-order valence-electron chi connectivity index (χ0n) is 7.35. The first-order chi connectivity index (χ1) is 5.70. The number of hydrogen-bond donors (Lipinski definition) is 1. The summed E-state index contributed by atoms with van der Waals surface area (Å²) >= 11 is 0. The van der Waals surface area contributed by atoms with Gasteiger partial charge in [0, 0.05) is 6.04 Å². The summed E-state index contributed by atoms with van der Waals surface area (Å²) in [6, 6.07) is -0.684. The van der Waals surface area contributed by atoms with Crippen molar-refractivity contribution in [3.05, 3.63) is 0 Å². The number of alkyl halides is 3. The molecule has 1 atom stereocenters. The van der Waals surface area contributed by atoms with Crippen molar-refractivity contribution in [2.24, 2.45) is 0 Å². The van der Waals surface area contributed by atoms with Gasteiger partial charge in [0.15, 0.2) is 0 Å². The van der Waals surface area contributed by atoms with Crippen LogP contribution in [-0.2, 0) is 10.0 Å². The highest BCUT2D eigenvalue weighted by atomic mass is 32.2. The van der Waals surface area contributed by atoms with Crippen LogP contribution in [-0.4, -0.2) is 20.0 Å². The Morgan fingerprint density at radius 1 is 1.38 bits per heavy atom. The van der Waals surface area contributed by atoms with Crippen molar-refractivity contribution in [3.8, 4) is 0 Å². The van der Waals surface area contributed by atoms with E-state index in [1.54, 1.807) is 11.6 Å². The first-order valence-electron chi connectivity index (χ1n) is 3.79. The Bertz CT molecular complexity index is 247. The highest BCUT2D eigenvalue weighted by Crippen LogP contribution is 2.22. The number of hydrogen-bond acceptors (Lipinski definition) is 2. The van der Waals surface area contributed by atoms with Crippen LogP contribution in [0.3, 0.4) is 0 Å². The summed E-state index contributed by atoms with van der Waals surface area (Å²) in [7, 11) is -5.17. The molecule has 0 aliphatic heterocycles. The van der Waals surface area contributed by atoms with Crippen LogP contribution in [0.4, 0.5) is 13.2 Å². The van der Waals surface area contributed by atoms with Crippen LogP contribution >= 0.6 is 0 Å². The van der Waals surface area contributed by atoms with E-state index in [9.17, 15) is 21.6 Å². The molecular formula is C6H12F3NO2S. The Morgan fingerprint density at radius 2 is 1.85 bits per heavy atom. The summed E-state index contributed by atoms with van der Waals surface area (Å²) in [6.45, 7) is 3.16. The van der Waals surface area contributed by atoms with Gasteiger partial charge in [0.05, 0.1) is 0 Å². The molecule has 0 aliphatic carbocycles. The normalized spacial score (nSPS) is 15.8. The van der Waals surface area contributed by atoms with Crippen molar-refractivity contribution in [2.45, 2.75) is 38.2 Å². The zero-order chi connectivity index (χ0) is 10.7. The number of sulfonamides is 1. The van der Waals surface area contributed by atoms with Gasteiger partial charge < -0.3 is 0 Å². The van der Waals surface area contributed by atoms with Crippen LogP contribution in [0.2, 0.25) is 0 Å². The van der Waals surface area contributed by atoms with Crippen LogP contribution < -0.4 is 4.72 Å². The maximum absolute atomic E-state index is 11.8. The van der Waals surface area contributed by atoms with E-state index < -0.39 is 21.6 Å². The van der Waals surface area contributed by atoms with Crippen LogP contribution in [0.1, 0.15) is 26.7 Å². The smallest absolute Gasteiger partial charge is 0.205 e. The Balaban J connectivity index is 4.36. The average molecular weight is 219 g/mol. The molecule has 13 heavy (non-hydrogen) atoms. The molecule has 0 aromatic rings. The van der Waals surface area contributed by atoms with Gasteiger partial charge in [-0.15, -0.1) is 0 Å². The monoisotopic (exact) mass is 219 g/mol. The van der Waals surface area contributed by atoms with Gasteiger partial charge in [-0.3, -0.25) is 0 Å². The first-order valence-corrected chi connectivity index (χ1v) is 5.27. The second kappa shape index (κ2) is 4.28. The van der Waals surface area contributed by atoms with Gasteiger partial charge >= 0.3 is 15.5 Å². The zero-order valence-corrected chi connectivity index (χ0v) is 8.17. The summed E-state index contributed by atoms with van der Waals surface area (Å²) in [5.41, 5.74) is -5.21. The Morgan fingerprint density at radius 3 is 2.15 bits per heavy atom. The maximum Gasteiger partial charge on any atom is 0.511 e. The second-order valence-electron chi connectivity index (χ2n) is 2.76. The molecule has 3 nitrogen and oxygen atoms in total. The second-order valence-corrected chi connectivity index (χ2v) is 4.46. The number of rotatable bonds is 4. The standard InChI is InChI=1S/C6H12F3NO2S/c1-3-4-5(2)10-13(11,12)6(7,8)9/h5,10H,3-4H2,1-2H3. The van der Waals surface area contributed by atoms with E-state index in [-0.39, 0.29) is 0 Å². The summed E-state index contributed by atoms with van der Waals surface area (Å²) in [4.78, 5) is 0. The molecule has 0 aliphatic rings. The lowest BCUT2D eigenvalue weighted by atomic mass is 10.2. The predicted molar refractivity (Wildman–Crippen MR) is 42.5 cm³/mol. The van der Waals surface area contributed by atoms with E-state index in [2.05, 4.69) is 0 Å². The lowest BCUT2D eigenvalue weighted by molar-refractivity contribution is -0.0450. The fourth-order valence-electron chi connectivity index (χ4n) is 0.824. The lowest BCUT2D eigenvalue weighted by Crippen LogP contribution is -2.41. The highest BCUT2D eigenvalue weighted by Gasteiger charge is 2.46. The molecule has 0 aromatic heterocycles. The van der Waals surface area contributed by atoms with Gasteiger partial charge in [-0.25, -0.2) is 13.1 Å². The Labute approximate surface area is 75.4 Å². The molecule has 0 amide bonds. The molecule has 0 spiro atoms. The van der Waals surface area contributed by atoms with Crippen molar-refractivity contribution < 1.29 is 21.6 Å². The van der Waals surface area contributed by atoms with Crippen molar-refractivity contribution in [1.82, 2.24) is 4.72 Å².